The van der Waals surface area contributed by atoms with Crippen molar-refractivity contribution >= 4 is 20.1 Å². The van der Waals surface area contributed by atoms with E-state index in [0.717, 1.165) is 11.9 Å². The van der Waals surface area contributed by atoms with Crippen LogP contribution in [0.4, 0.5) is 4.39 Å². The number of hydrogen-bond donors (Lipinski definition) is 1. The van der Waals surface area contributed by atoms with Gasteiger partial charge in [-0.15, -0.1) is 0 Å². The second-order valence-corrected chi connectivity index (χ2v) is 15.4. The van der Waals surface area contributed by atoms with Crippen molar-refractivity contribution in [3.05, 3.63) is 53.4 Å². The molecule has 0 spiro atoms. The van der Waals surface area contributed by atoms with Crippen molar-refractivity contribution < 1.29 is 18.4 Å². The summed E-state index contributed by atoms with van der Waals surface area (Å²) in [6.07, 6.45) is 6.75. The van der Waals surface area contributed by atoms with Gasteiger partial charge in [-0.1, -0.05) is 40.7 Å². The number of pyridine rings is 1. The maximum atomic E-state index is 13.9. The summed E-state index contributed by atoms with van der Waals surface area (Å²) in [5, 5.41) is 2.86. The number of rotatable bonds is 6. The van der Waals surface area contributed by atoms with E-state index in [1.165, 1.54) is 12.3 Å². The van der Waals surface area contributed by atoms with E-state index in [-0.39, 0.29) is 22.4 Å². The molecule has 1 fully saturated rings. The SMILES string of the molecule is CC1(C)C(=O)N(CCO[Si](C)(C)C(C)(C)C)C2=CC(NC(=O)c3ccncc3F)=CCC21. The minimum absolute atomic E-state index is 0.0289. The third-order valence-corrected chi connectivity index (χ3v) is 11.6. The first kappa shape index (κ1) is 24.3. The van der Waals surface area contributed by atoms with Gasteiger partial charge in [0.05, 0.1) is 23.8 Å². The van der Waals surface area contributed by atoms with Gasteiger partial charge in [0.25, 0.3) is 5.91 Å². The highest BCUT2D eigenvalue weighted by Gasteiger charge is 2.50. The van der Waals surface area contributed by atoms with Crippen LogP contribution in [-0.2, 0) is 9.22 Å². The van der Waals surface area contributed by atoms with E-state index in [4.69, 9.17) is 4.43 Å². The molecule has 8 heteroatoms. The molecule has 1 saturated heterocycles. The molecular weight excluding hydrogens is 425 g/mol. The van der Waals surface area contributed by atoms with Crippen molar-refractivity contribution in [2.75, 3.05) is 13.2 Å². The lowest BCUT2D eigenvalue weighted by atomic mass is 9.76. The summed E-state index contributed by atoms with van der Waals surface area (Å²) in [5.41, 5.74) is 0.848. The Morgan fingerprint density at radius 2 is 2.06 bits per heavy atom. The van der Waals surface area contributed by atoms with Gasteiger partial charge in [-0.3, -0.25) is 14.6 Å². The molecule has 2 aliphatic rings. The first-order valence-corrected chi connectivity index (χ1v) is 13.9. The lowest BCUT2D eigenvalue weighted by molar-refractivity contribution is -0.134. The molecular formula is C24H34FN3O3Si. The molecule has 1 N–H and O–H groups in total. The number of aromatic nitrogens is 1. The topological polar surface area (TPSA) is 71.5 Å². The fourth-order valence-electron chi connectivity index (χ4n) is 3.91. The average molecular weight is 460 g/mol. The minimum atomic E-state index is -1.92. The lowest BCUT2D eigenvalue weighted by Gasteiger charge is -2.36. The normalized spacial score (nSPS) is 20.6. The quantitative estimate of drug-likeness (QED) is 0.630. The standard InChI is InChI=1S/C24H34FN3O3Si/c1-23(2,3)32(6,7)31-13-12-28-20-14-16(8-9-18(20)24(4,5)22(28)30)27-21(29)17-10-11-26-15-19(17)25/h8,10-11,14-15,18H,9,12-13H2,1-7H3,(H,27,29). The molecule has 0 saturated carbocycles. The monoisotopic (exact) mass is 459 g/mol. The van der Waals surface area contributed by atoms with Gasteiger partial charge >= 0.3 is 0 Å². The number of nitrogens with zero attached hydrogens (tertiary/aromatic N) is 2. The third kappa shape index (κ3) is 4.57. The van der Waals surface area contributed by atoms with Crippen LogP contribution in [0.15, 0.2) is 42.0 Å². The van der Waals surface area contributed by atoms with Gasteiger partial charge in [0.15, 0.2) is 14.1 Å². The zero-order chi connectivity index (χ0) is 23.9. The van der Waals surface area contributed by atoms with Crippen LogP contribution in [0.3, 0.4) is 0 Å². The molecule has 0 bridgehead atoms. The molecule has 174 valence electrons. The largest absolute Gasteiger partial charge is 0.415 e. The van der Waals surface area contributed by atoms with Crippen LogP contribution in [0.1, 0.15) is 51.4 Å². The van der Waals surface area contributed by atoms with Crippen molar-refractivity contribution in [1.82, 2.24) is 15.2 Å². The summed E-state index contributed by atoms with van der Waals surface area (Å²) in [5.74, 6) is -1.12. The highest BCUT2D eigenvalue weighted by atomic mass is 28.4. The number of carbonyl (C=O) groups is 2. The summed E-state index contributed by atoms with van der Waals surface area (Å²) in [6.45, 7) is 15.8. The number of halogens is 1. The van der Waals surface area contributed by atoms with Crippen LogP contribution in [0.25, 0.3) is 0 Å². The number of hydrogen-bond acceptors (Lipinski definition) is 4. The van der Waals surface area contributed by atoms with Gasteiger partial charge in [0, 0.05) is 30.1 Å². The predicted octanol–water partition coefficient (Wildman–Crippen LogP) is 4.63. The highest BCUT2D eigenvalue weighted by Crippen LogP contribution is 2.47. The molecule has 2 heterocycles. The van der Waals surface area contributed by atoms with Gasteiger partial charge < -0.3 is 14.6 Å². The second kappa shape index (κ2) is 8.55. The zero-order valence-electron chi connectivity index (χ0n) is 20.1. The van der Waals surface area contributed by atoms with E-state index < -0.39 is 25.5 Å². The predicted molar refractivity (Wildman–Crippen MR) is 125 cm³/mol. The fraction of sp³-hybridized carbons (Fsp3) is 0.542. The maximum absolute atomic E-state index is 13.9. The molecule has 32 heavy (non-hydrogen) atoms. The molecule has 0 aromatic carbocycles. The lowest BCUT2D eigenvalue weighted by Crippen LogP contribution is -2.43. The van der Waals surface area contributed by atoms with Crippen molar-refractivity contribution in [2.45, 2.75) is 59.2 Å². The second-order valence-electron chi connectivity index (χ2n) is 10.6. The maximum Gasteiger partial charge on any atom is 0.258 e. The molecule has 6 nitrogen and oxygen atoms in total. The number of nitrogens with one attached hydrogen (secondary N) is 1. The van der Waals surface area contributed by atoms with Crippen LogP contribution >= 0.6 is 0 Å². The van der Waals surface area contributed by atoms with Crippen LogP contribution in [0.5, 0.6) is 0 Å². The van der Waals surface area contributed by atoms with Crippen molar-refractivity contribution in [3.8, 4) is 0 Å². The third-order valence-electron chi connectivity index (χ3n) is 7.07. The summed E-state index contributed by atoms with van der Waals surface area (Å²) < 4.78 is 20.2. The van der Waals surface area contributed by atoms with Gasteiger partial charge in [-0.25, -0.2) is 4.39 Å². The Bertz CT molecular complexity index is 979. The molecule has 1 aromatic heterocycles. The Morgan fingerprint density at radius 3 is 2.69 bits per heavy atom. The Morgan fingerprint density at radius 1 is 1.38 bits per heavy atom. The molecule has 2 amide bonds. The smallest absolute Gasteiger partial charge is 0.258 e. The molecule has 1 atom stereocenters. The number of allylic oxidation sites excluding steroid dienone is 3. The van der Waals surface area contributed by atoms with E-state index in [1.807, 2.05) is 26.0 Å². The number of amides is 2. The van der Waals surface area contributed by atoms with Crippen molar-refractivity contribution in [2.24, 2.45) is 11.3 Å². The number of fused-ring (bicyclic) bond motifs is 1. The molecule has 1 aliphatic heterocycles. The average Bonchev–Trinajstić information content (AvgIpc) is 2.87. The van der Waals surface area contributed by atoms with Crippen LogP contribution in [-0.4, -0.2) is 43.2 Å². The van der Waals surface area contributed by atoms with Crippen molar-refractivity contribution in [3.63, 3.8) is 0 Å². The van der Waals surface area contributed by atoms with Crippen molar-refractivity contribution in [1.29, 1.82) is 0 Å². The van der Waals surface area contributed by atoms with E-state index in [9.17, 15) is 14.0 Å². The zero-order valence-corrected chi connectivity index (χ0v) is 21.1. The fourth-order valence-corrected chi connectivity index (χ4v) is 4.95. The Labute approximate surface area is 191 Å². The Kier molecular flexibility index (Phi) is 6.50. The Hall–Kier alpha value is -2.32. The summed E-state index contributed by atoms with van der Waals surface area (Å²) in [7, 11) is -1.92. The van der Waals surface area contributed by atoms with E-state index in [1.54, 1.807) is 4.90 Å². The Balaban J connectivity index is 1.77. The van der Waals surface area contributed by atoms with Gasteiger partial charge in [-0.2, -0.15) is 0 Å². The first-order chi connectivity index (χ1) is 14.8. The molecule has 1 unspecified atom stereocenters. The van der Waals surface area contributed by atoms with Gasteiger partial charge in [0.2, 0.25) is 5.91 Å². The minimum Gasteiger partial charge on any atom is -0.415 e. The summed E-state index contributed by atoms with van der Waals surface area (Å²) >= 11 is 0. The van der Waals surface area contributed by atoms with E-state index in [2.05, 4.69) is 44.2 Å². The summed E-state index contributed by atoms with van der Waals surface area (Å²) in [4.78, 5) is 31.2. The van der Waals surface area contributed by atoms with E-state index in [0.29, 0.717) is 25.3 Å². The first-order valence-electron chi connectivity index (χ1n) is 11.0. The number of likely N-dealkylation sites (tertiary alicyclic amines) is 1. The van der Waals surface area contributed by atoms with Crippen LogP contribution in [0, 0.1) is 17.2 Å². The summed E-state index contributed by atoms with van der Waals surface area (Å²) in [6, 6.07) is 1.34. The van der Waals surface area contributed by atoms with E-state index >= 15 is 0 Å². The highest BCUT2D eigenvalue weighted by molar-refractivity contribution is 6.74. The molecule has 0 radical (unpaired) electrons. The van der Waals surface area contributed by atoms with Gasteiger partial charge in [-0.05, 0) is 36.7 Å². The van der Waals surface area contributed by atoms with Gasteiger partial charge in [0.1, 0.15) is 0 Å². The molecule has 3 rings (SSSR count). The molecule has 1 aliphatic carbocycles. The molecule has 1 aromatic rings. The van der Waals surface area contributed by atoms with Crippen LogP contribution in [0.2, 0.25) is 18.1 Å². The number of carbonyl (C=O) groups excluding carboxylic acids is 2. The van der Waals surface area contributed by atoms with Crippen LogP contribution < -0.4 is 5.32 Å².